The molecule has 4 nitrogen and oxygen atoms in total. The maximum absolute atomic E-state index is 11.5. The number of alkyl carbamates (subject to hydrolysis) is 1. The van der Waals surface area contributed by atoms with Gasteiger partial charge in [0.05, 0.1) is 0 Å². The van der Waals surface area contributed by atoms with Crippen LogP contribution in [0.15, 0.2) is 18.5 Å². The van der Waals surface area contributed by atoms with Gasteiger partial charge < -0.3 is 10.1 Å². The zero-order chi connectivity index (χ0) is 13.8. The summed E-state index contributed by atoms with van der Waals surface area (Å²) in [5, 5.41) is 2.72. The van der Waals surface area contributed by atoms with Crippen LogP contribution in [0.1, 0.15) is 51.7 Å². The second-order valence-electron chi connectivity index (χ2n) is 5.64. The molecule has 0 aliphatic carbocycles. The summed E-state index contributed by atoms with van der Waals surface area (Å²) < 4.78 is 5.17. The standard InChI is InChI=1S/C14H22N2O2/c1-10(2)12-6-11(7-15-9-12)8-16-13(17)18-14(3,4)5/h6-7,9-10H,8H2,1-5H3,(H,16,17). The van der Waals surface area contributed by atoms with Crippen LogP contribution >= 0.6 is 0 Å². The molecule has 0 spiro atoms. The number of pyridine rings is 1. The Labute approximate surface area is 109 Å². The second kappa shape index (κ2) is 5.85. The maximum Gasteiger partial charge on any atom is 0.407 e. The monoisotopic (exact) mass is 250 g/mol. The van der Waals surface area contributed by atoms with Gasteiger partial charge in [0.25, 0.3) is 0 Å². The molecular weight excluding hydrogens is 228 g/mol. The highest BCUT2D eigenvalue weighted by Gasteiger charge is 2.15. The fourth-order valence-corrected chi connectivity index (χ4v) is 1.41. The molecule has 0 saturated carbocycles. The maximum atomic E-state index is 11.5. The van der Waals surface area contributed by atoms with E-state index in [9.17, 15) is 4.79 Å². The van der Waals surface area contributed by atoms with E-state index in [-0.39, 0.29) is 0 Å². The van der Waals surface area contributed by atoms with Crippen LogP contribution in [0.5, 0.6) is 0 Å². The fourth-order valence-electron chi connectivity index (χ4n) is 1.41. The first kappa shape index (κ1) is 14.5. The number of ether oxygens (including phenoxy) is 1. The molecule has 1 aromatic rings. The molecule has 0 fully saturated rings. The molecule has 0 aliphatic rings. The number of rotatable bonds is 3. The molecule has 1 heterocycles. The van der Waals surface area contributed by atoms with Crippen molar-refractivity contribution in [3.05, 3.63) is 29.6 Å². The van der Waals surface area contributed by atoms with Gasteiger partial charge in [0, 0.05) is 18.9 Å². The number of nitrogens with zero attached hydrogens (tertiary/aromatic N) is 1. The Hall–Kier alpha value is -1.58. The molecule has 0 atom stereocenters. The van der Waals surface area contributed by atoms with Gasteiger partial charge in [0.1, 0.15) is 5.60 Å². The van der Waals surface area contributed by atoms with Crippen LogP contribution in [-0.4, -0.2) is 16.7 Å². The van der Waals surface area contributed by atoms with Gasteiger partial charge in [-0.25, -0.2) is 4.79 Å². The molecule has 0 aromatic carbocycles. The van der Waals surface area contributed by atoms with Crippen molar-refractivity contribution in [1.29, 1.82) is 0 Å². The smallest absolute Gasteiger partial charge is 0.407 e. The molecule has 1 amide bonds. The van der Waals surface area contributed by atoms with Crippen LogP contribution in [0, 0.1) is 0 Å². The minimum atomic E-state index is -0.470. The molecule has 0 radical (unpaired) electrons. The normalized spacial score (nSPS) is 11.4. The van der Waals surface area contributed by atoms with Crippen LogP contribution in [-0.2, 0) is 11.3 Å². The Morgan fingerprint density at radius 3 is 2.61 bits per heavy atom. The number of amides is 1. The first-order valence-electron chi connectivity index (χ1n) is 6.18. The van der Waals surface area contributed by atoms with Crippen molar-refractivity contribution >= 4 is 6.09 Å². The van der Waals surface area contributed by atoms with E-state index in [4.69, 9.17) is 4.74 Å². The molecule has 100 valence electrons. The summed E-state index contributed by atoms with van der Waals surface area (Å²) in [5.41, 5.74) is 1.67. The van der Waals surface area contributed by atoms with Crippen molar-refractivity contribution in [2.75, 3.05) is 0 Å². The zero-order valence-corrected chi connectivity index (χ0v) is 11.8. The van der Waals surface area contributed by atoms with Gasteiger partial charge in [-0.2, -0.15) is 0 Å². The van der Waals surface area contributed by atoms with Crippen molar-refractivity contribution in [1.82, 2.24) is 10.3 Å². The lowest BCUT2D eigenvalue weighted by atomic mass is 10.0. The van der Waals surface area contributed by atoms with Gasteiger partial charge in [-0.15, -0.1) is 0 Å². The molecule has 4 heteroatoms. The fraction of sp³-hybridized carbons (Fsp3) is 0.571. The van der Waals surface area contributed by atoms with Gasteiger partial charge in [0.2, 0.25) is 0 Å². The van der Waals surface area contributed by atoms with Gasteiger partial charge in [-0.1, -0.05) is 19.9 Å². The van der Waals surface area contributed by atoms with E-state index in [2.05, 4.69) is 30.2 Å². The molecular formula is C14H22N2O2. The van der Waals surface area contributed by atoms with Crippen molar-refractivity contribution < 1.29 is 9.53 Å². The number of hydrogen-bond donors (Lipinski definition) is 1. The lowest BCUT2D eigenvalue weighted by molar-refractivity contribution is 0.0523. The van der Waals surface area contributed by atoms with Crippen molar-refractivity contribution in [3.8, 4) is 0 Å². The second-order valence-corrected chi connectivity index (χ2v) is 5.64. The number of carbonyl (C=O) groups is 1. The molecule has 0 saturated heterocycles. The lowest BCUT2D eigenvalue weighted by Crippen LogP contribution is -2.32. The third-order valence-corrected chi connectivity index (χ3v) is 2.32. The minimum absolute atomic E-state index is 0.405. The van der Waals surface area contributed by atoms with Crippen LogP contribution < -0.4 is 5.32 Å². The third-order valence-electron chi connectivity index (χ3n) is 2.32. The predicted molar refractivity (Wildman–Crippen MR) is 71.4 cm³/mol. The topological polar surface area (TPSA) is 51.2 Å². The van der Waals surface area contributed by atoms with E-state index < -0.39 is 11.7 Å². The predicted octanol–water partition coefficient (Wildman–Crippen LogP) is 3.23. The summed E-state index contributed by atoms with van der Waals surface area (Å²) in [5.74, 6) is 0.430. The zero-order valence-electron chi connectivity index (χ0n) is 11.8. The average molecular weight is 250 g/mol. The highest BCUT2D eigenvalue weighted by Crippen LogP contribution is 2.14. The molecule has 18 heavy (non-hydrogen) atoms. The highest BCUT2D eigenvalue weighted by molar-refractivity contribution is 5.67. The van der Waals surface area contributed by atoms with Crippen molar-refractivity contribution in [2.24, 2.45) is 0 Å². The number of hydrogen-bond acceptors (Lipinski definition) is 3. The highest BCUT2D eigenvalue weighted by atomic mass is 16.6. The van der Waals surface area contributed by atoms with E-state index in [1.165, 1.54) is 5.56 Å². The van der Waals surface area contributed by atoms with E-state index in [1.807, 2.05) is 27.0 Å². The molecule has 1 aromatic heterocycles. The van der Waals surface area contributed by atoms with Crippen LogP contribution in [0.4, 0.5) is 4.79 Å². The number of carbonyl (C=O) groups excluding carboxylic acids is 1. The Bertz CT molecular complexity index is 409. The largest absolute Gasteiger partial charge is 0.444 e. The lowest BCUT2D eigenvalue weighted by Gasteiger charge is -2.19. The molecule has 1 N–H and O–H groups in total. The number of aromatic nitrogens is 1. The van der Waals surface area contributed by atoms with E-state index in [1.54, 1.807) is 6.20 Å². The summed E-state index contributed by atoms with van der Waals surface area (Å²) in [4.78, 5) is 15.7. The Morgan fingerprint density at radius 1 is 1.39 bits per heavy atom. The van der Waals surface area contributed by atoms with Crippen molar-refractivity contribution in [3.63, 3.8) is 0 Å². The molecule has 1 rings (SSSR count). The number of nitrogens with one attached hydrogen (secondary N) is 1. The summed E-state index contributed by atoms with van der Waals surface area (Å²) in [6.07, 6.45) is 3.20. The first-order valence-corrected chi connectivity index (χ1v) is 6.18. The van der Waals surface area contributed by atoms with E-state index in [0.29, 0.717) is 12.5 Å². The summed E-state index contributed by atoms with van der Waals surface area (Å²) in [6.45, 7) is 10.2. The SMILES string of the molecule is CC(C)c1cncc(CNC(=O)OC(C)(C)C)c1. The molecule has 0 unspecified atom stereocenters. The van der Waals surface area contributed by atoms with Crippen LogP contribution in [0.3, 0.4) is 0 Å². The summed E-state index contributed by atoms with van der Waals surface area (Å²) >= 11 is 0. The molecule has 0 aliphatic heterocycles. The van der Waals surface area contributed by atoms with E-state index >= 15 is 0 Å². The Balaban J connectivity index is 2.53. The van der Waals surface area contributed by atoms with Crippen LogP contribution in [0.2, 0.25) is 0 Å². The van der Waals surface area contributed by atoms with Gasteiger partial charge in [-0.05, 0) is 37.8 Å². The van der Waals surface area contributed by atoms with E-state index in [0.717, 1.165) is 5.56 Å². The average Bonchev–Trinajstić information content (AvgIpc) is 2.24. The molecule has 0 bridgehead atoms. The summed E-state index contributed by atoms with van der Waals surface area (Å²) in [6, 6.07) is 2.05. The summed E-state index contributed by atoms with van der Waals surface area (Å²) in [7, 11) is 0. The van der Waals surface area contributed by atoms with Crippen LogP contribution in [0.25, 0.3) is 0 Å². The van der Waals surface area contributed by atoms with Gasteiger partial charge in [0.15, 0.2) is 0 Å². The van der Waals surface area contributed by atoms with Gasteiger partial charge in [-0.3, -0.25) is 4.98 Å². The Kier molecular flexibility index (Phi) is 4.70. The quantitative estimate of drug-likeness (QED) is 0.896. The van der Waals surface area contributed by atoms with Gasteiger partial charge >= 0.3 is 6.09 Å². The minimum Gasteiger partial charge on any atom is -0.444 e. The third kappa shape index (κ3) is 5.17. The Morgan fingerprint density at radius 2 is 2.06 bits per heavy atom. The van der Waals surface area contributed by atoms with Crippen molar-refractivity contribution in [2.45, 2.75) is 52.7 Å². The first-order chi connectivity index (χ1) is 8.28.